The Morgan fingerprint density at radius 1 is 1.46 bits per heavy atom. The Bertz CT molecular complexity index is 352. The molecule has 1 aromatic heterocycles. The molecule has 1 saturated carbocycles. The van der Waals surface area contributed by atoms with Gasteiger partial charge in [0.25, 0.3) is 0 Å². The molecule has 0 saturated heterocycles. The van der Waals surface area contributed by atoms with E-state index in [-0.39, 0.29) is 5.69 Å². The molecule has 1 aliphatic carbocycles. The van der Waals surface area contributed by atoms with Crippen LogP contribution in [-0.2, 0) is 0 Å². The fourth-order valence-electron chi connectivity index (χ4n) is 1.89. The molecular weight excluding hydrogens is 166 g/mol. The molecule has 4 heteroatoms. The third-order valence-corrected chi connectivity index (χ3v) is 2.55. The first-order chi connectivity index (χ1) is 6.27. The van der Waals surface area contributed by atoms with Gasteiger partial charge in [-0.15, -0.1) is 0 Å². The molecule has 1 fully saturated rings. The van der Waals surface area contributed by atoms with Crippen molar-refractivity contribution >= 4 is 5.69 Å². The van der Waals surface area contributed by atoms with Gasteiger partial charge in [-0.05, 0) is 12.8 Å². The predicted molar refractivity (Wildman–Crippen MR) is 50.4 cm³/mol. The van der Waals surface area contributed by atoms with Gasteiger partial charge < -0.3 is 5.73 Å². The van der Waals surface area contributed by atoms with Crippen molar-refractivity contribution in [2.75, 3.05) is 5.73 Å². The fourth-order valence-corrected chi connectivity index (χ4v) is 1.89. The van der Waals surface area contributed by atoms with Crippen LogP contribution < -0.4 is 11.4 Å². The quantitative estimate of drug-likeness (QED) is 0.698. The zero-order valence-electron chi connectivity index (χ0n) is 7.44. The van der Waals surface area contributed by atoms with Crippen molar-refractivity contribution in [3.8, 4) is 0 Å². The topological polar surface area (TPSA) is 60.9 Å². The van der Waals surface area contributed by atoms with E-state index in [1.54, 1.807) is 10.8 Å². The third kappa shape index (κ3) is 1.56. The maximum Gasteiger partial charge on any atom is 0.347 e. The lowest BCUT2D eigenvalue weighted by Gasteiger charge is -2.12. The summed E-state index contributed by atoms with van der Waals surface area (Å²) in [5.74, 6) is 0. The molecule has 0 aromatic carbocycles. The summed E-state index contributed by atoms with van der Waals surface area (Å²) < 4.78 is 1.67. The van der Waals surface area contributed by atoms with Crippen LogP contribution >= 0.6 is 0 Å². The van der Waals surface area contributed by atoms with Gasteiger partial charge in [0.1, 0.15) is 0 Å². The van der Waals surface area contributed by atoms with Gasteiger partial charge in [0.15, 0.2) is 0 Å². The molecule has 1 aromatic rings. The summed E-state index contributed by atoms with van der Waals surface area (Å²) in [5, 5.41) is 0. The van der Waals surface area contributed by atoms with Gasteiger partial charge in [0, 0.05) is 12.2 Å². The number of hydrogen-bond donors (Lipinski definition) is 1. The van der Waals surface area contributed by atoms with Crippen LogP contribution in [0.25, 0.3) is 0 Å². The van der Waals surface area contributed by atoms with Crippen molar-refractivity contribution in [1.82, 2.24) is 9.55 Å². The van der Waals surface area contributed by atoms with E-state index >= 15 is 0 Å². The van der Waals surface area contributed by atoms with E-state index in [2.05, 4.69) is 4.98 Å². The molecule has 0 atom stereocenters. The molecule has 2 N–H and O–H groups in total. The molecular formula is C9H13N3O. The minimum absolute atomic E-state index is 0.180. The zero-order valence-corrected chi connectivity index (χ0v) is 7.44. The second kappa shape index (κ2) is 3.20. The van der Waals surface area contributed by atoms with E-state index < -0.39 is 0 Å². The molecule has 0 amide bonds. The largest absolute Gasteiger partial charge is 0.396 e. The molecule has 1 aliphatic rings. The van der Waals surface area contributed by atoms with Crippen molar-refractivity contribution in [3.05, 3.63) is 22.9 Å². The monoisotopic (exact) mass is 179 g/mol. The fraction of sp³-hybridized carbons (Fsp3) is 0.556. The van der Waals surface area contributed by atoms with Crippen LogP contribution in [0.15, 0.2) is 17.2 Å². The molecule has 1 heterocycles. The summed E-state index contributed by atoms with van der Waals surface area (Å²) >= 11 is 0. The zero-order chi connectivity index (χ0) is 9.26. The van der Waals surface area contributed by atoms with Gasteiger partial charge in [-0.1, -0.05) is 12.8 Å². The number of hydrogen-bond acceptors (Lipinski definition) is 3. The molecule has 0 unspecified atom stereocenters. The average Bonchev–Trinajstić information content (AvgIpc) is 2.61. The van der Waals surface area contributed by atoms with Crippen LogP contribution in [0.1, 0.15) is 31.7 Å². The van der Waals surface area contributed by atoms with Crippen LogP contribution in [0.5, 0.6) is 0 Å². The highest BCUT2D eigenvalue weighted by atomic mass is 16.1. The summed E-state index contributed by atoms with van der Waals surface area (Å²) in [6.45, 7) is 0. The van der Waals surface area contributed by atoms with E-state index in [0.717, 1.165) is 12.8 Å². The molecule has 4 nitrogen and oxygen atoms in total. The lowest BCUT2D eigenvalue weighted by molar-refractivity contribution is 0.493. The van der Waals surface area contributed by atoms with Crippen LogP contribution in [0.3, 0.4) is 0 Å². The Kier molecular flexibility index (Phi) is 2.04. The van der Waals surface area contributed by atoms with Gasteiger partial charge >= 0.3 is 5.69 Å². The Hall–Kier alpha value is -1.32. The van der Waals surface area contributed by atoms with Crippen molar-refractivity contribution in [3.63, 3.8) is 0 Å². The molecule has 2 rings (SSSR count). The van der Waals surface area contributed by atoms with Crippen LogP contribution in [0.4, 0.5) is 5.69 Å². The molecule has 0 spiro atoms. The number of aromatic nitrogens is 2. The minimum Gasteiger partial charge on any atom is -0.396 e. The van der Waals surface area contributed by atoms with Crippen LogP contribution in [-0.4, -0.2) is 9.55 Å². The Morgan fingerprint density at radius 3 is 2.85 bits per heavy atom. The SMILES string of the molecule is Nc1cnc(=O)n(C2CCCC2)c1. The van der Waals surface area contributed by atoms with Gasteiger partial charge in [0.2, 0.25) is 0 Å². The summed E-state index contributed by atoms with van der Waals surface area (Å²) in [6, 6.07) is 0.323. The van der Waals surface area contributed by atoms with E-state index in [1.807, 2.05) is 0 Å². The highest BCUT2D eigenvalue weighted by Gasteiger charge is 2.17. The molecule has 0 aliphatic heterocycles. The number of rotatable bonds is 1. The first kappa shape index (κ1) is 8.29. The number of nitrogen functional groups attached to an aromatic ring is 1. The second-order valence-electron chi connectivity index (χ2n) is 3.52. The Labute approximate surface area is 76.4 Å². The first-order valence-electron chi connectivity index (χ1n) is 4.61. The average molecular weight is 179 g/mol. The van der Waals surface area contributed by atoms with Crippen molar-refractivity contribution < 1.29 is 0 Å². The smallest absolute Gasteiger partial charge is 0.347 e. The highest BCUT2D eigenvalue weighted by molar-refractivity contribution is 5.30. The number of nitrogens with two attached hydrogens (primary N) is 1. The van der Waals surface area contributed by atoms with Crippen molar-refractivity contribution in [2.45, 2.75) is 31.7 Å². The predicted octanol–water partition coefficient (Wildman–Crippen LogP) is 0.941. The summed E-state index contributed by atoms with van der Waals surface area (Å²) in [5.41, 5.74) is 5.95. The van der Waals surface area contributed by atoms with Crippen molar-refractivity contribution in [1.29, 1.82) is 0 Å². The molecule has 13 heavy (non-hydrogen) atoms. The summed E-state index contributed by atoms with van der Waals surface area (Å²) in [7, 11) is 0. The van der Waals surface area contributed by atoms with Crippen LogP contribution in [0.2, 0.25) is 0 Å². The second-order valence-corrected chi connectivity index (χ2v) is 3.52. The normalized spacial score (nSPS) is 17.8. The maximum absolute atomic E-state index is 11.4. The van der Waals surface area contributed by atoms with Gasteiger partial charge in [-0.3, -0.25) is 4.57 Å². The standard InChI is InChI=1S/C9H13N3O/c10-7-5-11-9(13)12(6-7)8-3-1-2-4-8/h5-6,8H,1-4,10H2. The first-order valence-corrected chi connectivity index (χ1v) is 4.61. The third-order valence-electron chi connectivity index (χ3n) is 2.55. The number of nitrogens with zero attached hydrogens (tertiary/aromatic N) is 2. The molecule has 70 valence electrons. The van der Waals surface area contributed by atoms with Gasteiger partial charge in [0.05, 0.1) is 11.9 Å². The van der Waals surface area contributed by atoms with E-state index in [9.17, 15) is 4.79 Å². The Morgan fingerprint density at radius 2 is 2.15 bits per heavy atom. The van der Waals surface area contributed by atoms with Crippen LogP contribution in [0, 0.1) is 0 Å². The summed E-state index contributed by atoms with van der Waals surface area (Å²) in [4.78, 5) is 15.1. The molecule has 0 radical (unpaired) electrons. The van der Waals surface area contributed by atoms with E-state index in [4.69, 9.17) is 5.73 Å². The molecule has 0 bridgehead atoms. The maximum atomic E-state index is 11.4. The van der Waals surface area contributed by atoms with Crippen molar-refractivity contribution in [2.24, 2.45) is 0 Å². The highest BCUT2D eigenvalue weighted by Crippen LogP contribution is 2.28. The summed E-state index contributed by atoms with van der Waals surface area (Å²) in [6.07, 6.45) is 7.66. The van der Waals surface area contributed by atoms with E-state index in [1.165, 1.54) is 19.0 Å². The van der Waals surface area contributed by atoms with Gasteiger partial charge in [-0.25, -0.2) is 4.79 Å². The van der Waals surface area contributed by atoms with E-state index in [0.29, 0.717) is 11.7 Å². The minimum atomic E-state index is -0.180. The lowest BCUT2D eigenvalue weighted by Crippen LogP contribution is -2.25. The van der Waals surface area contributed by atoms with Gasteiger partial charge in [-0.2, -0.15) is 4.98 Å². The lowest BCUT2D eigenvalue weighted by atomic mass is 10.2. The number of anilines is 1. The Balaban J connectivity index is 2.37.